The van der Waals surface area contributed by atoms with Crippen molar-refractivity contribution in [1.29, 1.82) is 0 Å². The van der Waals surface area contributed by atoms with Crippen LogP contribution in [0.1, 0.15) is 29.6 Å². The van der Waals surface area contributed by atoms with Crippen LogP contribution in [0, 0.1) is 0 Å². The summed E-state index contributed by atoms with van der Waals surface area (Å²) in [6, 6.07) is 16.8. The van der Waals surface area contributed by atoms with Crippen molar-refractivity contribution in [3.8, 4) is 5.75 Å². The Morgan fingerprint density at radius 1 is 1.11 bits per heavy atom. The van der Waals surface area contributed by atoms with E-state index in [1.165, 1.54) is 11.1 Å². The molecule has 2 aromatic carbocycles. The zero-order valence-electron chi connectivity index (χ0n) is 11.0. The highest BCUT2D eigenvalue weighted by Crippen LogP contribution is 2.37. The van der Waals surface area contributed by atoms with E-state index in [2.05, 4.69) is 29.6 Å². The van der Waals surface area contributed by atoms with Crippen LogP contribution in [-0.2, 0) is 0 Å². The van der Waals surface area contributed by atoms with E-state index in [0.29, 0.717) is 0 Å². The third kappa shape index (κ3) is 2.29. The minimum atomic E-state index is 0.0875. The molecule has 0 saturated carbocycles. The summed E-state index contributed by atoms with van der Waals surface area (Å²) in [5.41, 5.74) is 9.85. The van der Waals surface area contributed by atoms with Crippen LogP contribution < -0.4 is 15.8 Å². The van der Waals surface area contributed by atoms with E-state index < -0.39 is 0 Å². The van der Waals surface area contributed by atoms with Gasteiger partial charge in [-0.05, 0) is 35.7 Å². The van der Waals surface area contributed by atoms with Crippen molar-refractivity contribution >= 4 is 5.69 Å². The van der Waals surface area contributed by atoms with Crippen molar-refractivity contribution in [2.75, 3.05) is 12.4 Å². The zero-order valence-corrected chi connectivity index (χ0v) is 11.0. The van der Waals surface area contributed by atoms with Gasteiger partial charge in [0.2, 0.25) is 0 Å². The molecule has 1 aliphatic heterocycles. The molecule has 0 fully saturated rings. The minimum Gasteiger partial charge on any atom is -0.497 e. The Morgan fingerprint density at radius 2 is 1.84 bits per heavy atom. The number of nitrogens with two attached hydrogens (primary N) is 1. The largest absolute Gasteiger partial charge is 0.497 e. The highest BCUT2D eigenvalue weighted by Gasteiger charge is 2.24. The van der Waals surface area contributed by atoms with Crippen LogP contribution in [-0.4, -0.2) is 7.11 Å². The third-order valence-corrected chi connectivity index (χ3v) is 3.70. The van der Waals surface area contributed by atoms with Gasteiger partial charge in [0.1, 0.15) is 5.75 Å². The summed E-state index contributed by atoms with van der Waals surface area (Å²) in [4.78, 5) is 0. The van der Waals surface area contributed by atoms with Gasteiger partial charge in [-0.1, -0.05) is 30.3 Å². The van der Waals surface area contributed by atoms with Crippen LogP contribution in [0.2, 0.25) is 0 Å². The van der Waals surface area contributed by atoms with E-state index in [0.717, 1.165) is 17.9 Å². The predicted octanol–water partition coefficient (Wildman–Crippen LogP) is 3.25. The second kappa shape index (κ2) is 4.94. The van der Waals surface area contributed by atoms with Crippen molar-refractivity contribution < 1.29 is 4.74 Å². The maximum absolute atomic E-state index is 6.27. The average molecular weight is 254 g/mol. The molecule has 98 valence electrons. The molecule has 1 heterocycles. The molecule has 3 nitrogen and oxygen atoms in total. The van der Waals surface area contributed by atoms with Crippen molar-refractivity contribution in [3.05, 3.63) is 59.7 Å². The smallest absolute Gasteiger partial charge is 0.118 e. The number of nitrogens with one attached hydrogen (secondary N) is 1. The molecule has 0 aliphatic carbocycles. The SMILES string of the molecule is COc1ccc(C2CC(N)c3ccccc3N2)cc1. The molecule has 19 heavy (non-hydrogen) atoms. The number of ether oxygens (including phenoxy) is 1. The first-order chi connectivity index (χ1) is 9.28. The maximum atomic E-state index is 6.27. The van der Waals surface area contributed by atoms with Gasteiger partial charge in [0.05, 0.1) is 13.2 Å². The van der Waals surface area contributed by atoms with E-state index in [1.54, 1.807) is 7.11 Å². The van der Waals surface area contributed by atoms with Crippen LogP contribution in [0.25, 0.3) is 0 Å². The quantitative estimate of drug-likeness (QED) is 0.864. The van der Waals surface area contributed by atoms with Crippen molar-refractivity contribution in [2.24, 2.45) is 5.73 Å². The van der Waals surface area contributed by atoms with Gasteiger partial charge in [-0.2, -0.15) is 0 Å². The fourth-order valence-corrected chi connectivity index (χ4v) is 2.63. The molecule has 3 N–H and O–H groups in total. The summed E-state index contributed by atoms with van der Waals surface area (Å²) in [5.74, 6) is 0.879. The predicted molar refractivity (Wildman–Crippen MR) is 77.3 cm³/mol. The Morgan fingerprint density at radius 3 is 2.58 bits per heavy atom. The Balaban J connectivity index is 1.87. The molecule has 0 aromatic heterocycles. The molecular formula is C16H18N2O. The zero-order chi connectivity index (χ0) is 13.2. The number of hydrogen-bond acceptors (Lipinski definition) is 3. The third-order valence-electron chi connectivity index (χ3n) is 3.70. The molecule has 2 atom stereocenters. The minimum absolute atomic E-state index is 0.0875. The first-order valence-corrected chi connectivity index (χ1v) is 6.53. The summed E-state index contributed by atoms with van der Waals surface area (Å²) in [7, 11) is 1.68. The maximum Gasteiger partial charge on any atom is 0.118 e. The van der Waals surface area contributed by atoms with Crippen molar-refractivity contribution in [3.63, 3.8) is 0 Å². The monoisotopic (exact) mass is 254 g/mol. The Kier molecular flexibility index (Phi) is 3.13. The van der Waals surface area contributed by atoms with Gasteiger partial charge in [-0.3, -0.25) is 0 Å². The van der Waals surface area contributed by atoms with Crippen LogP contribution in [0.4, 0.5) is 5.69 Å². The van der Waals surface area contributed by atoms with Crippen LogP contribution >= 0.6 is 0 Å². The number of para-hydroxylation sites is 1. The van der Waals surface area contributed by atoms with Gasteiger partial charge >= 0.3 is 0 Å². The fraction of sp³-hybridized carbons (Fsp3) is 0.250. The normalized spacial score (nSPS) is 21.4. The lowest BCUT2D eigenvalue weighted by atomic mass is 9.90. The van der Waals surface area contributed by atoms with E-state index in [9.17, 15) is 0 Å². The van der Waals surface area contributed by atoms with Gasteiger partial charge < -0.3 is 15.8 Å². The number of hydrogen-bond donors (Lipinski definition) is 2. The van der Waals surface area contributed by atoms with E-state index in [1.807, 2.05) is 24.3 Å². The lowest BCUT2D eigenvalue weighted by molar-refractivity contribution is 0.414. The summed E-state index contributed by atoms with van der Waals surface area (Å²) in [6.07, 6.45) is 0.906. The highest BCUT2D eigenvalue weighted by atomic mass is 16.5. The van der Waals surface area contributed by atoms with Crippen molar-refractivity contribution in [1.82, 2.24) is 0 Å². The van der Waals surface area contributed by atoms with Gasteiger partial charge in [0.15, 0.2) is 0 Å². The lowest BCUT2D eigenvalue weighted by Crippen LogP contribution is -2.25. The molecule has 1 aliphatic rings. The second-order valence-corrected chi connectivity index (χ2v) is 4.90. The molecule has 2 unspecified atom stereocenters. The van der Waals surface area contributed by atoms with E-state index in [-0.39, 0.29) is 12.1 Å². The standard InChI is InChI=1S/C16H18N2O/c1-19-12-8-6-11(7-9-12)16-10-14(17)13-4-2-3-5-15(13)18-16/h2-9,14,16,18H,10,17H2,1H3. The van der Waals surface area contributed by atoms with Crippen molar-refractivity contribution in [2.45, 2.75) is 18.5 Å². The van der Waals surface area contributed by atoms with E-state index in [4.69, 9.17) is 10.5 Å². The number of anilines is 1. The molecular weight excluding hydrogens is 236 g/mol. The summed E-state index contributed by atoms with van der Waals surface area (Å²) in [6.45, 7) is 0. The Labute approximate surface area is 113 Å². The molecule has 3 heteroatoms. The molecule has 0 bridgehead atoms. The summed E-state index contributed by atoms with van der Waals surface area (Å²) in [5, 5.41) is 3.56. The summed E-state index contributed by atoms with van der Waals surface area (Å²) >= 11 is 0. The van der Waals surface area contributed by atoms with Gasteiger partial charge in [-0.15, -0.1) is 0 Å². The Bertz CT molecular complexity index is 565. The number of benzene rings is 2. The molecule has 0 amide bonds. The van der Waals surface area contributed by atoms with Gasteiger partial charge in [-0.25, -0.2) is 0 Å². The van der Waals surface area contributed by atoms with Gasteiger partial charge in [0, 0.05) is 11.7 Å². The number of methoxy groups -OCH3 is 1. The molecule has 2 aromatic rings. The fourth-order valence-electron chi connectivity index (χ4n) is 2.63. The Hall–Kier alpha value is -2.00. The highest BCUT2D eigenvalue weighted by molar-refractivity contribution is 5.56. The first-order valence-electron chi connectivity index (χ1n) is 6.53. The van der Waals surface area contributed by atoms with Crippen LogP contribution in [0.5, 0.6) is 5.75 Å². The van der Waals surface area contributed by atoms with Gasteiger partial charge in [0.25, 0.3) is 0 Å². The average Bonchev–Trinajstić information content (AvgIpc) is 2.47. The lowest BCUT2D eigenvalue weighted by Gasteiger charge is -2.31. The first kappa shape index (κ1) is 12.1. The molecule has 0 saturated heterocycles. The topological polar surface area (TPSA) is 47.3 Å². The number of fused-ring (bicyclic) bond motifs is 1. The summed E-state index contributed by atoms with van der Waals surface area (Å²) < 4.78 is 5.19. The van der Waals surface area contributed by atoms with Crippen LogP contribution in [0.15, 0.2) is 48.5 Å². The number of rotatable bonds is 2. The molecule has 0 radical (unpaired) electrons. The second-order valence-electron chi connectivity index (χ2n) is 4.90. The molecule has 3 rings (SSSR count). The van der Waals surface area contributed by atoms with Crippen LogP contribution in [0.3, 0.4) is 0 Å². The molecule has 0 spiro atoms. The van der Waals surface area contributed by atoms with E-state index >= 15 is 0 Å².